The van der Waals surface area contributed by atoms with Crippen molar-refractivity contribution in [2.24, 2.45) is 11.8 Å². The van der Waals surface area contributed by atoms with Crippen molar-refractivity contribution >= 4 is 0 Å². The maximum Gasteiger partial charge on any atom is 0.00362 e. The Labute approximate surface area is 76.9 Å². The van der Waals surface area contributed by atoms with Crippen LogP contribution in [0.5, 0.6) is 0 Å². The molecule has 0 aromatic carbocycles. The molecule has 0 saturated heterocycles. The molecular weight excluding hydrogens is 146 g/mol. The molecule has 0 aromatic heterocycles. The monoisotopic (exact) mass is 169 g/mol. The van der Waals surface area contributed by atoms with Crippen molar-refractivity contribution in [2.75, 3.05) is 6.54 Å². The van der Waals surface area contributed by atoms with E-state index >= 15 is 0 Å². The van der Waals surface area contributed by atoms with E-state index in [1.54, 1.807) is 0 Å². The summed E-state index contributed by atoms with van der Waals surface area (Å²) in [5.74, 6) is 1.95. The molecule has 0 bridgehead atoms. The zero-order valence-corrected chi connectivity index (χ0v) is 8.77. The van der Waals surface area contributed by atoms with E-state index < -0.39 is 0 Å². The Hall–Kier alpha value is -0.0400. The van der Waals surface area contributed by atoms with Gasteiger partial charge in [0.25, 0.3) is 0 Å². The van der Waals surface area contributed by atoms with Crippen molar-refractivity contribution in [2.45, 2.75) is 52.5 Å². The van der Waals surface area contributed by atoms with Gasteiger partial charge in [-0.2, -0.15) is 0 Å². The van der Waals surface area contributed by atoms with Gasteiger partial charge in [-0.15, -0.1) is 0 Å². The van der Waals surface area contributed by atoms with Crippen LogP contribution in [0.3, 0.4) is 0 Å². The van der Waals surface area contributed by atoms with Gasteiger partial charge in [-0.3, -0.25) is 0 Å². The summed E-state index contributed by atoms with van der Waals surface area (Å²) in [7, 11) is 0. The molecular formula is C11H23N. The van der Waals surface area contributed by atoms with Crippen LogP contribution in [0.4, 0.5) is 0 Å². The van der Waals surface area contributed by atoms with E-state index in [0.29, 0.717) is 6.04 Å². The largest absolute Gasteiger partial charge is 0.314 e. The van der Waals surface area contributed by atoms with Gasteiger partial charge in [-0.05, 0) is 44.6 Å². The van der Waals surface area contributed by atoms with Gasteiger partial charge in [0.05, 0.1) is 0 Å². The van der Waals surface area contributed by atoms with Crippen LogP contribution in [0.25, 0.3) is 0 Å². The second-order valence-corrected chi connectivity index (χ2v) is 4.50. The van der Waals surface area contributed by atoms with Gasteiger partial charge in [0, 0.05) is 6.04 Å². The Morgan fingerprint density at radius 1 is 1.42 bits per heavy atom. The molecule has 12 heavy (non-hydrogen) atoms. The Balaban J connectivity index is 2.07. The summed E-state index contributed by atoms with van der Waals surface area (Å²) in [6.45, 7) is 8.15. The highest BCUT2D eigenvalue weighted by Crippen LogP contribution is 2.29. The third-order valence-electron chi connectivity index (χ3n) is 3.17. The Bertz CT molecular complexity index is 122. The van der Waals surface area contributed by atoms with E-state index in [1.165, 1.54) is 32.2 Å². The van der Waals surface area contributed by atoms with Gasteiger partial charge in [0.15, 0.2) is 0 Å². The third kappa shape index (κ3) is 3.14. The topological polar surface area (TPSA) is 12.0 Å². The minimum absolute atomic E-state index is 0.709. The number of hydrogen-bond donors (Lipinski definition) is 1. The van der Waals surface area contributed by atoms with Crippen molar-refractivity contribution in [1.82, 2.24) is 5.32 Å². The molecule has 1 heteroatoms. The summed E-state index contributed by atoms with van der Waals surface area (Å²) in [4.78, 5) is 0. The summed E-state index contributed by atoms with van der Waals surface area (Å²) in [6.07, 6.45) is 5.60. The van der Waals surface area contributed by atoms with Crippen LogP contribution in [-0.2, 0) is 0 Å². The van der Waals surface area contributed by atoms with Crippen LogP contribution < -0.4 is 5.32 Å². The minimum Gasteiger partial charge on any atom is -0.314 e. The lowest BCUT2D eigenvalue weighted by Gasteiger charge is -2.15. The first-order valence-corrected chi connectivity index (χ1v) is 5.45. The van der Waals surface area contributed by atoms with Crippen LogP contribution in [0, 0.1) is 11.8 Å². The SMILES string of the molecule is CCC(C)NCC1CCC(C)C1. The molecule has 1 aliphatic carbocycles. The maximum atomic E-state index is 3.59. The molecule has 1 nitrogen and oxygen atoms in total. The fraction of sp³-hybridized carbons (Fsp3) is 1.00. The third-order valence-corrected chi connectivity index (χ3v) is 3.17. The van der Waals surface area contributed by atoms with Gasteiger partial charge in [0.1, 0.15) is 0 Å². The molecule has 1 N–H and O–H groups in total. The first-order valence-electron chi connectivity index (χ1n) is 5.45. The Morgan fingerprint density at radius 2 is 2.17 bits per heavy atom. The Kier molecular flexibility index (Phi) is 4.07. The molecule has 0 amide bonds. The molecule has 0 aliphatic heterocycles. The van der Waals surface area contributed by atoms with E-state index in [9.17, 15) is 0 Å². The van der Waals surface area contributed by atoms with E-state index in [0.717, 1.165) is 11.8 Å². The quantitative estimate of drug-likeness (QED) is 0.682. The Morgan fingerprint density at radius 3 is 2.67 bits per heavy atom. The number of hydrogen-bond acceptors (Lipinski definition) is 1. The van der Waals surface area contributed by atoms with E-state index in [-0.39, 0.29) is 0 Å². The fourth-order valence-electron chi connectivity index (χ4n) is 2.02. The molecule has 1 rings (SSSR count). The lowest BCUT2D eigenvalue weighted by molar-refractivity contribution is 0.429. The highest BCUT2D eigenvalue weighted by atomic mass is 14.9. The average molecular weight is 169 g/mol. The average Bonchev–Trinajstić information content (AvgIpc) is 2.47. The molecule has 0 heterocycles. The van der Waals surface area contributed by atoms with Gasteiger partial charge < -0.3 is 5.32 Å². The van der Waals surface area contributed by atoms with Crippen LogP contribution >= 0.6 is 0 Å². The highest BCUT2D eigenvalue weighted by molar-refractivity contribution is 4.75. The molecule has 0 radical (unpaired) electrons. The minimum atomic E-state index is 0.709. The lowest BCUT2D eigenvalue weighted by atomic mass is 10.1. The second kappa shape index (κ2) is 4.86. The molecule has 3 atom stereocenters. The number of rotatable bonds is 4. The second-order valence-electron chi connectivity index (χ2n) is 4.50. The van der Waals surface area contributed by atoms with Crippen molar-refractivity contribution in [3.05, 3.63) is 0 Å². The molecule has 1 fully saturated rings. The standard InChI is InChI=1S/C11H23N/c1-4-10(3)12-8-11-6-5-9(2)7-11/h9-12H,4-8H2,1-3H3. The predicted octanol–water partition coefficient (Wildman–Crippen LogP) is 2.81. The van der Waals surface area contributed by atoms with Crippen LogP contribution in [0.1, 0.15) is 46.5 Å². The van der Waals surface area contributed by atoms with Crippen LogP contribution in [0.15, 0.2) is 0 Å². The summed E-state index contributed by atoms with van der Waals surface area (Å²) < 4.78 is 0. The molecule has 0 aromatic rings. The first kappa shape index (κ1) is 10.0. The van der Waals surface area contributed by atoms with Crippen molar-refractivity contribution in [3.63, 3.8) is 0 Å². The molecule has 1 saturated carbocycles. The molecule has 0 spiro atoms. The van der Waals surface area contributed by atoms with E-state index in [4.69, 9.17) is 0 Å². The van der Waals surface area contributed by atoms with Crippen LogP contribution in [0.2, 0.25) is 0 Å². The van der Waals surface area contributed by atoms with Crippen molar-refractivity contribution in [1.29, 1.82) is 0 Å². The summed E-state index contributed by atoms with van der Waals surface area (Å²) >= 11 is 0. The zero-order chi connectivity index (χ0) is 8.97. The first-order chi connectivity index (χ1) is 5.72. The smallest absolute Gasteiger partial charge is 0.00362 e. The summed E-state index contributed by atoms with van der Waals surface area (Å²) in [5, 5.41) is 3.59. The van der Waals surface area contributed by atoms with Crippen LogP contribution in [-0.4, -0.2) is 12.6 Å². The van der Waals surface area contributed by atoms with Gasteiger partial charge in [-0.1, -0.05) is 20.3 Å². The summed E-state index contributed by atoms with van der Waals surface area (Å²) in [5.41, 5.74) is 0. The fourth-order valence-corrected chi connectivity index (χ4v) is 2.02. The molecule has 3 unspecified atom stereocenters. The van der Waals surface area contributed by atoms with Crippen molar-refractivity contribution < 1.29 is 0 Å². The van der Waals surface area contributed by atoms with E-state index in [2.05, 4.69) is 26.1 Å². The predicted molar refractivity (Wildman–Crippen MR) is 54.3 cm³/mol. The lowest BCUT2D eigenvalue weighted by Crippen LogP contribution is -2.29. The van der Waals surface area contributed by atoms with Crippen molar-refractivity contribution in [3.8, 4) is 0 Å². The zero-order valence-electron chi connectivity index (χ0n) is 8.77. The maximum absolute atomic E-state index is 3.59. The number of nitrogens with one attached hydrogen (secondary N) is 1. The van der Waals surface area contributed by atoms with Gasteiger partial charge >= 0.3 is 0 Å². The normalized spacial score (nSPS) is 32.2. The van der Waals surface area contributed by atoms with Gasteiger partial charge in [0.2, 0.25) is 0 Å². The summed E-state index contributed by atoms with van der Waals surface area (Å²) in [6, 6.07) is 0.709. The molecule has 72 valence electrons. The van der Waals surface area contributed by atoms with E-state index in [1.807, 2.05) is 0 Å². The molecule has 1 aliphatic rings. The van der Waals surface area contributed by atoms with Gasteiger partial charge in [-0.25, -0.2) is 0 Å². The highest BCUT2D eigenvalue weighted by Gasteiger charge is 2.20.